The minimum Gasteiger partial charge on any atom is -0.384 e. The molecule has 0 saturated carbocycles. The molecule has 0 aliphatic carbocycles. The number of aromatic nitrogens is 1. The summed E-state index contributed by atoms with van der Waals surface area (Å²) in [6, 6.07) is 6.50. The lowest BCUT2D eigenvalue weighted by Crippen LogP contribution is -1.94. The molecule has 0 spiro atoms. The molecule has 2 rings (SSSR count). The molecule has 5 heteroatoms. The van der Waals surface area contributed by atoms with Crippen LogP contribution in [0.25, 0.3) is 11.3 Å². The molecule has 0 aliphatic rings. The molecule has 0 amide bonds. The third-order valence-corrected chi connectivity index (χ3v) is 2.64. The fraction of sp³-hybridized carbons (Fsp3) is 0. The number of nitrogen functional groups attached to an aromatic ring is 1. The van der Waals surface area contributed by atoms with Gasteiger partial charge in [0.25, 0.3) is 0 Å². The summed E-state index contributed by atoms with van der Waals surface area (Å²) in [4.78, 5) is 4.02. The van der Waals surface area contributed by atoms with E-state index in [1.54, 1.807) is 12.1 Å². The Kier molecular flexibility index (Phi) is 2.87. The van der Waals surface area contributed by atoms with Gasteiger partial charge in [-0.05, 0) is 40.2 Å². The number of pyridine rings is 1. The van der Waals surface area contributed by atoms with Gasteiger partial charge in [-0.25, -0.2) is 13.8 Å². The molecule has 1 aromatic carbocycles. The van der Waals surface area contributed by atoms with E-state index in [0.717, 1.165) is 6.07 Å². The lowest BCUT2D eigenvalue weighted by molar-refractivity contribution is 0.584. The maximum absolute atomic E-state index is 13.0. The summed E-state index contributed by atoms with van der Waals surface area (Å²) in [6.07, 6.45) is 0. The lowest BCUT2D eigenvalue weighted by atomic mass is 10.1. The largest absolute Gasteiger partial charge is 0.384 e. The highest BCUT2D eigenvalue weighted by molar-refractivity contribution is 9.10. The zero-order valence-corrected chi connectivity index (χ0v) is 9.63. The third kappa shape index (κ3) is 2.19. The summed E-state index contributed by atoms with van der Waals surface area (Å²) in [5.41, 5.74) is 6.28. The van der Waals surface area contributed by atoms with Crippen molar-refractivity contribution in [1.82, 2.24) is 4.98 Å². The van der Waals surface area contributed by atoms with Gasteiger partial charge in [0.05, 0.1) is 5.69 Å². The topological polar surface area (TPSA) is 38.9 Å². The second kappa shape index (κ2) is 4.17. The molecule has 1 heterocycles. The minimum atomic E-state index is -0.647. The average Bonchev–Trinajstić information content (AvgIpc) is 2.20. The van der Waals surface area contributed by atoms with Crippen LogP contribution in [-0.4, -0.2) is 4.98 Å². The number of benzene rings is 1. The number of anilines is 1. The molecule has 1 aromatic heterocycles. The van der Waals surface area contributed by atoms with E-state index in [1.807, 2.05) is 0 Å². The highest BCUT2D eigenvalue weighted by atomic mass is 79.9. The maximum Gasteiger partial charge on any atom is 0.126 e. The van der Waals surface area contributed by atoms with Gasteiger partial charge < -0.3 is 5.73 Å². The Morgan fingerprint density at radius 3 is 2.31 bits per heavy atom. The predicted octanol–water partition coefficient (Wildman–Crippen LogP) is 3.37. The Hall–Kier alpha value is -1.49. The fourth-order valence-electron chi connectivity index (χ4n) is 1.35. The Bertz CT molecular complexity index is 523. The maximum atomic E-state index is 13.0. The third-order valence-electron chi connectivity index (χ3n) is 2.00. The van der Waals surface area contributed by atoms with Crippen LogP contribution in [0.2, 0.25) is 0 Å². The van der Waals surface area contributed by atoms with Crippen LogP contribution >= 0.6 is 15.9 Å². The van der Waals surface area contributed by atoms with Gasteiger partial charge in [0.1, 0.15) is 17.5 Å². The van der Waals surface area contributed by atoms with E-state index >= 15 is 0 Å². The number of hydrogen-bond acceptors (Lipinski definition) is 2. The van der Waals surface area contributed by atoms with Crippen LogP contribution in [0.5, 0.6) is 0 Å². The van der Waals surface area contributed by atoms with Crippen molar-refractivity contribution in [1.29, 1.82) is 0 Å². The summed E-state index contributed by atoms with van der Waals surface area (Å²) < 4.78 is 26.7. The van der Waals surface area contributed by atoms with Crippen molar-refractivity contribution < 1.29 is 8.78 Å². The molecule has 0 saturated heterocycles. The number of rotatable bonds is 1. The van der Waals surface area contributed by atoms with Gasteiger partial charge in [-0.15, -0.1) is 0 Å². The van der Waals surface area contributed by atoms with E-state index in [-0.39, 0.29) is 0 Å². The summed E-state index contributed by atoms with van der Waals surface area (Å²) in [5, 5.41) is 0. The molecule has 16 heavy (non-hydrogen) atoms. The number of hydrogen-bond donors (Lipinski definition) is 1. The van der Waals surface area contributed by atoms with Crippen molar-refractivity contribution in [2.24, 2.45) is 0 Å². The van der Waals surface area contributed by atoms with Crippen LogP contribution in [0.4, 0.5) is 14.6 Å². The SMILES string of the molecule is Nc1ccc(Br)c(-c2cc(F)cc(F)c2)n1. The Morgan fingerprint density at radius 2 is 1.69 bits per heavy atom. The fourth-order valence-corrected chi connectivity index (χ4v) is 1.80. The van der Waals surface area contributed by atoms with Crippen LogP contribution in [0.15, 0.2) is 34.8 Å². The number of halogens is 3. The molecule has 0 radical (unpaired) electrons. The lowest BCUT2D eigenvalue weighted by Gasteiger charge is -2.05. The Labute approximate surface area is 99.2 Å². The smallest absolute Gasteiger partial charge is 0.126 e. The van der Waals surface area contributed by atoms with Crippen LogP contribution in [0, 0.1) is 11.6 Å². The molecule has 2 N–H and O–H groups in total. The van der Waals surface area contributed by atoms with Gasteiger partial charge in [-0.2, -0.15) is 0 Å². The monoisotopic (exact) mass is 284 g/mol. The Balaban J connectivity index is 2.62. The van der Waals surface area contributed by atoms with Crippen molar-refractivity contribution >= 4 is 21.7 Å². The molecule has 0 fully saturated rings. The van der Waals surface area contributed by atoms with Gasteiger partial charge in [-0.3, -0.25) is 0 Å². The van der Waals surface area contributed by atoms with Gasteiger partial charge in [0, 0.05) is 16.1 Å². The Morgan fingerprint density at radius 1 is 1.06 bits per heavy atom. The van der Waals surface area contributed by atoms with Crippen molar-refractivity contribution in [2.75, 3.05) is 5.73 Å². The first kappa shape index (κ1) is 11.0. The van der Waals surface area contributed by atoms with Gasteiger partial charge in [0.2, 0.25) is 0 Å². The zero-order valence-electron chi connectivity index (χ0n) is 8.05. The van der Waals surface area contributed by atoms with Gasteiger partial charge >= 0.3 is 0 Å². The quantitative estimate of drug-likeness (QED) is 0.872. The molecule has 0 unspecified atom stereocenters. The minimum absolute atomic E-state index is 0.294. The van der Waals surface area contributed by atoms with Crippen LogP contribution < -0.4 is 5.73 Å². The first-order valence-electron chi connectivity index (χ1n) is 4.45. The van der Waals surface area contributed by atoms with E-state index in [9.17, 15) is 8.78 Å². The average molecular weight is 285 g/mol. The zero-order chi connectivity index (χ0) is 11.7. The summed E-state index contributed by atoms with van der Waals surface area (Å²) in [6.45, 7) is 0. The second-order valence-electron chi connectivity index (χ2n) is 3.22. The summed E-state index contributed by atoms with van der Waals surface area (Å²) in [7, 11) is 0. The first-order valence-corrected chi connectivity index (χ1v) is 5.24. The molecule has 2 aromatic rings. The molecule has 82 valence electrons. The first-order chi connectivity index (χ1) is 7.56. The highest BCUT2D eigenvalue weighted by Crippen LogP contribution is 2.28. The van der Waals surface area contributed by atoms with Crippen molar-refractivity contribution in [3.8, 4) is 11.3 Å². The number of nitrogens with zero attached hydrogens (tertiary/aromatic N) is 1. The van der Waals surface area contributed by atoms with Crippen LogP contribution in [0.3, 0.4) is 0 Å². The molecule has 2 nitrogen and oxygen atoms in total. The highest BCUT2D eigenvalue weighted by Gasteiger charge is 2.08. The molecule has 0 atom stereocenters. The van der Waals surface area contributed by atoms with Crippen molar-refractivity contribution in [3.05, 3.63) is 46.4 Å². The van der Waals surface area contributed by atoms with Crippen molar-refractivity contribution in [3.63, 3.8) is 0 Å². The molecular weight excluding hydrogens is 278 g/mol. The van der Waals surface area contributed by atoms with E-state index in [2.05, 4.69) is 20.9 Å². The van der Waals surface area contributed by atoms with Gasteiger partial charge in [-0.1, -0.05) is 0 Å². The van der Waals surface area contributed by atoms with Crippen molar-refractivity contribution in [2.45, 2.75) is 0 Å². The van der Waals surface area contributed by atoms with E-state index in [4.69, 9.17) is 5.73 Å². The molecule has 0 aliphatic heterocycles. The normalized spacial score (nSPS) is 10.4. The second-order valence-corrected chi connectivity index (χ2v) is 4.08. The standard InChI is InChI=1S/C11H7BrF2N2/c12-9-1-2-10(15)16-11(9)6-3-7(13)5-8(14)4-6/h1-5H,(H2,15,16). The van der Waals surface area contributed by atoms with Gasteiger partial charge in [0.15, 0.2) is 0 Å². The molecule has 0 bridgehead atoms. The van der Waals surface area contributed by atoms with E-state index in [0.29, 0.717) is 21.5 Å². The van der Waals surface area contributed by atoms with Crippen LogP contribution in [-0.2, 0) is 0 Å². The summed E-state index contributed by atoms with van der Waals surface area (Å²) >= 11 is 3.25. The number of nitrogens with two attached hydrogens (primary N) is 1. The summed E-state index contributed by atoms with van der Waals surface area (Å²) in [5.74, 6) is -1.000. The molecular formula is C11H7BrF2N2. The van der Waals surface area contributed by atoms with E-state index in [1.165, 1.54) is 12.1 Å². The van der Waals surface area contributed by atoms with E-state index < -0.39 is 11.6 Å². The van der Waals surface area contributed by atoms with Crippen LogP contribution in [0.1, 0.15) is 0 Å². The predicted molar refractivity (Wildman–Crippen MR) is 61.7 cm³/mol.